The molecule has 1 rings (SSSR count). The van der Waals surface area contributed by atoms with Crippen LogP contribution in [-0.4, -0.2) is 54.9 Å². The van der Waals surface area contributed by atoms with E-state index in [9.17, 15) is 18.0 Å². The van der Waals surface area contributed by atoms with Gasteiger partial charge in [-0.2, -0.15) is 0 Å². The molecule has 0 bridgehead atoms. The van der Waals surface area contributed by atoms with Crippen LogP contribution in [-0.2, 0) is 21.1 Å². The van der Waals surface area contributed by atoms with E-state index < -0.39 is 27.1 Å². The minimum absolute atomic E-state index is 0.0262. The molecule has 0 fully saturated rings. The molecule has 22 heavy (non-hydrogen) atoms. The van der Waals surface area contributed by atoms with Crippen molar-refractivity contribution in [1.29, 1.82) is 0 Å². The minimum atomic E-state index is -3.24. The first-order valence-electron chi connectivity index (χ1n) is 6.80. The lowest BCUT2D eigenvalue weighted by Gasteiger charge is -2.29. The summed E-state index contributed by atoms with van der Waals surface area (Å²) in [5.41, 5.74) is 0.696. The first-order valence-corrected chi connectivity index (χ1v) is 8.76. The number of rotatable bonds is 6. The van der Waals surface area contributed by atoms with Crippen molar-refractivity contribution in [2.45, 2.75) is 31.6 Å². The number of hydrogen-bond donors (Lipinski definition) is 1. The summed E-state index contributed by atoms with van der Waals surface area (Å²) in [6, 6.07) is 5.68. The van der Waals surface area contributed by atoms with Gasteiger partial charge in [-0.3, -0.25) is 4.79 Å². The van der Waals surface area contributed by atoms with Gasteiger partial charge in [0.25, 0.3) is 0 Å². The molecule has 0 radical (unpaired) electrons. The molecule has 7 heteroatoms. The molecule has 2 unspecified atom stereocenters. The SMILES string of the molecule is CC(C(C)S(C)(=O)=O)N(C)C(=O)Cc1cccc(C(=O)O)c1. The maximum atomic E-state index is 12.3. The van der Waals surface area contributed by atoms with Gasteiger partial charge in [-0.25, -0.2) is 13.2 Å². The van der Waals surface area contributed by atoms with Gasteiger partial charge >= 0.3 is 5.97 Å². The molecule has 0 saturated carbocycles. The first-order chi connectivity index (χ1) is 10.0. The van der Waals surface area contributed by atoms with E-state index >= 15 is 0 Å². The van der Waals surface area contributed by atoms with E-state index in [1.807, 2.05) is 0 Å². The number of likely N-dealkylation sites (N-methyl/N-ethyl adjacent to an activating group) is 1. The number of benzene rings is 1. The number of nitrogens with zero attached hydrogens (tertiary/aromatic N) is 1. The third kappa shape index (κ3) is 4.56. The Balaban J connectivity index is 2.84. The van der Waals surface area contributed by atoms with Crippen molar-refractivity contribution in [2.24, 2.45) is 0 Å². The standard InChI is InChI=1S/C15H21NO5S/c1-10(11(2)22(4,20)21)16(3)14(17)9-12-6-5-7-13(8-12)15(18)19/h5-8,10-11H,9H2,1-4H3,(H,18,19). The van der Waals surface area contributed by atoms with Gasteiger partial charge < -0.3 is 10.0 Å². The van der Waals surface area contributed by atoms with Gasteiger partial charge in [0, 0.05) is 19.3 Å². The zero-order valence-corrected chi connectivity index (χ0v) is 13.9. The van der Waals surface area contributed by atoms with E-state index in [4.69, 9.17) is 5.11 Å². The van der Waals surface area contributed by atoms with E-state index in [-0.39, 0.29) is 17.9 Å². The molecule has 1 N–H and O–H groups in total. The van der Waals surface area contributed by atoms with Gasteiger partial charge in [0.1, 0.15) is 0 Å². The van der Waals surface area contributed by atoms with Crippen molar-refractivity contribution in [1.82, 2.24) is 4.90 Å². The van der Waals surface area contributed by atoms with Gasteiger partial charge in [-0.15, -0.1) is 0 Å². The van der Waals surface area contributed by atoms with Crippen molar-refractivity contribution >= 4 is 21.7 Å². The number of carboxylic acids is 1. The van der Waals surface area contributed by atoms with Crippen LogP contribution in [0.25, 0.3) is 0 Å². The van der Waals surface area contributed by atoms with Crippen LogP contribution in [0.15, 0.2) is 24.3 Å². The predicted octanol–water partition coefficient (Wildman–Crippen LogP) is 1.21. The molecule has 0 spiro atoms. The Morgan fingerprint density at radius 1 is 1.27 bits per heavy atom. The number of aromatic carboxylic acids is 1. The van der Waals surface area contributed by atoms with Crippen molar-refractivity contribution in [3.63, 3.8) is 0 Å². The number of amides is 1. The van der Waals surface area contributed by atoms with E-state index in [1.54, 1.807) is 33.0 Å². The second-order valence-corrected chi connectivity index (χ2v) is 7.86. The highest BCUT2D eigenvalue weighted by Crippen LogP contribution is 2.13. The number of carbonyl (C=O) groups is 2. The maximum Gasteiger partial charge on any atom is 0.335 e. The maximum absolute atomic E-state index is 12.3. The lowest BCUT2D eigenvalue weighted by molar-refractivity contribution is -0.130. The molecule has 0 aliphatic rings. The molecule has 0 aliphatic heterocycles. The summed E-state index contributed by atoms with van der Waals surface area (Å²) in [5.74, 6) is -1.31. The van der Waals surface area contributed by atoms with E-state index in [0.717, 1.165) is 6.26 Å². The van der Waals surface area contributed by atoms with Crippen molar-refractivity contribution in [3.8, 4) is 0 Å². The molecule has 6 nitrogen and oxygen atoms in total. The fourth-order valence-corrected chi connectivity index (χ4v) is 2.91. The lowest BCUT2D eigenvalue weighted by atomic mass is 10.1. The Morgan fingerprint density at radius 3 is 2.36 bits per heavy atom. The quantitative estimate of drug-likeness (QED) is 0.848. The summed E-state index contributed by atoms with van der Waals surface area (Å²) in [6.07, 6.45) is 1.17. The molecule has 0 heterocycles. The minimum Gasteiger partial charge on any atom is -0.478 e. The fraction of sp³-hybridized carbons (Fsp3) is 0.467. The molecule has 0 aliphatic carbocycles. The first kappa shape index (κ1) is 18.2. The number of hydrogen-bond acceptors (Lipinski definition) is 4. The second-order valence-electron chi connectivity index (χ2n) is 5.46. The molecule has 122 valence electrons. The Kier molecular flexibility index (Phi) is 5.71. The lowest BCUT2D eigenvalue weighted by Crippen LogP contribution is -2.45. The van der Waals surface area contributed by atoms with Gasteiger partial charge in [0.05, 0.1) is 17.2 Å². The zero-order valence-electron chi connectivity index (χ0n) is 13.1. The predicted molar refractivity (Wildman–Crippen MR) is 83.6 cm³/mol. The Labute approximate surface area is 130 Å². The fourth-order valence-electron chi connectivity index (χ4n) is 2.01. The summed E-state index contributed by atoms with van der Waals surface area (Å²) in [7, 11) is -1.69. The third-order valence-corrected chi connectivity index (χ3v) is 5.63. The van der Waals surface area contributed by atoms with Crippen LogP contribution in [0.1, 0.15) is 29.8 Å². The molecule has 2 atom stereocenters. The van der Waals surface area contributed by atoms with Crippen LogP contribution in [0.5, 0.6) is 0 Å². The van der Waals surface area contributed by atoms with E-state index in [2.05, 4.69) is 0 Å². The summed E-state index contributed by atoms with van der Waals surface area (Å²) in [5, 5.41) is 8.27. The zero-order chi connectivity index (χ0) is 17.1. The topological polar surface area (TPSA) is 91.8 Å². The molecular weight excluding hydrogens is 306 g/mol. The summed E-state index contributed by atoms with van der Waals surface area (Å²) >= 11 is 0. The Bertz CT molecular complexity index is 668. The molecule has 0 aromatic heterocycles. The van der Waals surface area contributed by atoms with Gasteiger partial charge in [-0.05, 0) is 31.5 Å². The van der Waals surface area contributed by atoms with Crippen LogP contribution in [0, 0.1) is 0 Å². The molecular formula is C15H21NO5S. The summed E-state index contributed by atoms with van der Waals surface area (Å²) < 4.78 is 23.1. The summed E-state index contributed by atoms with van der Waals surface area (Å²) in [4.78, 5) is 24.6. The van der Waals surface area contributed by atoms with Crippen LogP contribution in [0.2, 0.25) is 0 Å². The Hall–Kier alpha value is -1.89. The highest BCUT2D eigenvalue weighted by Gasteiger charge is 2.28. The smallest absolute Gasteiger partial charge is 0.335 e. The van der Waals surface area contributed by atoms with E-state index in [0.29, 0.717) is 5.56 Å². The summed E-state index contributed by atoms with van der Waals surface area (Å²) in [6.45, 7) is 3.24. The molecule has 1 aromatic carbocycles. The van der Waals surface area contributed by atoms with E-state index in [1.165, 1.54) is 17.0 Å². The van der Waals surface area contributed by atoms with Crippen molar-refractivity contribution in [3.05, 3.63) is 35.4 Å². The average Bonchev–Trinajstić information content (AvgIpc) is 2.44. The van der Waals surface area contributed by atoms with Crippen LogP contribution < -0.4 is 0 Å². The van der Waals surface area contributed by atoms with Gasteiger partial charge in [0.15, 0.2) is 9.84 Å². The average molecular weight is 327 g/mol. The van der Waals surface area contributed by atoms with Gasteiger partial charge in [-0.1, -0.05) is 12.1 Å². The Morgan fingerprint density at radius 2 is 1.86 bits per heavy atom. The van der Waals surface area contributed by atoms with Crippen LogP contribution in [0.3, 0.4) is 0 Å². The van der Waals surface area contributed by atoms with Crippen LogP contribution >= 0.6 is 0 Å². The van der Waals surface area contributed by atoms with Crippen LogP contribution in [0.4, 0.5) is 0 Å². The van der Waals surface area contributed by atoms with Crippen molar-refractivity contribution < 1.29 is 23.1 Å². The highest BCUT2D eigenvalue weighted by atomic mass is 32.2. The highest BCUT2D eigenvalue weighted by molar-refractivity contribution is 7.91. The number of carboxylic acid groups (broad SMARTS) is 1. The number of sulfone groups is 1. The largest absolute Gasteiger partial charge is 0.478 e. The third-order valence-electron chi connectivity index (χ3n) is 3.89. The van der Waals surface area contributed by atoms with Crippen molar-refractivity contribution in [2.75, 3.05) is 13.3 Å². The molecule has 1 amide bonds. The van der Waals surface area contributed by atoms with Gasteiger partial charge in [0.2, 0.25) is 5.91 Å². The molecule has 0 saturated heterocycles. The second kappa shape index (κ2) is 6.91. The monoisotopic (exact) mass is 327 g/mol. The molecule has 1 aromatic rings. The normalized spacial score (nSPS) is 14.2. The number of carbonyl (C=O) groups excluding carboxylic acids is 1.